The minimum atomic E-state index is -0.375. The van der Waals surface area contributed by atoms with Crippen LogP contribution in [0.5, 0.6) is 0 Å². The van der Waals surface area contributed by atoms with Gasteiger partial charge < -0.3 is 0 Å². The third kappa shape index (κ3) is 2.98. The maximum Gasteiger partial charge on any atom is 0.129 e. The second-order valence-corrected chi connectivity index (χ2v) is 5.82. The molecule has 0 aromatic heterocycles. The van der Waals surface area contributed by atoms with Crippen LogP contribution in [0, 0.1) is 25.5 Å². The van der Waals surface area contributed by atoms with Crippen LogP contribution in [0.2, 0.25) is 5.02 Å². The summed E-state index contributed by atoms with van der Waals surface area (Å²) in [6.07, 6.45) is 0. The third-order valence-electron chi connectivity index (χ3n) is 2.99. The monoisotopic (exact) mass is 344 g/mol. The molecule has 1 atom stereocenters. The maximum absolute atomic E-state index is 13.6. The molecule has 0 aliphatic rings. The van der Waals surface area contributed by atoms with Gasteiger partial charge in [-0.3, -0.25) is 0 Å². The van der Waals surface area contributed by atoms with Crippen LogP contribution in [0.1, 0.15) is 27.1 Å². The Bertz CT molecular complexity index is 603. The first-order chi connectivity index (χ1) is 8.90. The minimum absolute atomic E-state index is 0.196. The zero-order valence-electron chi connectivity index (χ0n) is 10.5. The van der Waals surface area contributed by atoms with Crippen LogP contribution in [-0.4, -0.2) is 0 Å². The highest BCUT2D eigenvalue weighted by Gasteiger charge is 2.16. The summed E-state index contributed by atoms with van der Waals surface area (Å²) in [5.41, 5.74) is 2.81. The topological polar surface area (TPSA) is 0 Å². The summed E-state index contributed by atoms with van der Waals surface area (Å²) in [7, 11) is 0. The maximum atomic E-state index is 13.6. The van der Waals surface area contributed by atoms with E-state index in [1.54, 1.807) is 32.0 Å². The van der Waals surface area contributed by atoms with Crippen molar-refractivity contribution in [2.45, 2.75) is 18.7 Å². The van der Waals surface area contributed by atoms with Gasteiger partial charge in [0.25, 0.3) is 0 Å². The van der Waals surface area contributed by atoms with E-state index in [0.717, 1.165) is 11.1 Å². The highest BCUT2D eigenvalue weighted by atomic mass is 79.9. The van der Waals surface area contributed by atoms with Gasteiger partial charge in [0.05, 0.1) is 4.83 Å². The Morgan fingerprint density at radius 1 is 1.05 bits per heavy atom. The molecule has 0 aliphatic carbocycles. The van der Waals surface area contributed by atoms with Crippen molar-refractivity contribution in [3.05, 3.63) is 69.2 Å². The standard InChI is InChI=1S/C15H12BrClF2/c1-8-5-10(6-9(2)15(8)19)14(16)12-4-3-11(18)7-13(12)17/h3-7,14H,1-2H3. The summed E-state index contributed by atoms with van der Waals surface area (Å²) < 4.78 is 26.7. The van der Waals surface area contributed by atoms with E-state index in [-0.39, 0.29) is 16.5 Å². The summed E-state index contributed by atoms with van der Waals surface area (Å²) in [4.78, 5) is -0.196. The fourth-order valence-corrected chi connectivity index (χ4v) is 3.08. The molecule has 19 heavy (non-hydrogen) atoms. The van der Waals surface area contributed by atoms with E-state index in [1.807, 2.05) is 0 Å². The molecule has 0 saturated heterocycles. The Balaban J connectivity index is 2.47. The van der Waals surface area contributed by atoms with Crippen molar-refractivity contribution in [3.63, 3.8) is 0 Å². The van der Waals surface area contributed by atoms with Gasteiger partial charge in [-0.05, 0) is 48.2 Å². The van der Waals surface area contributed by atoms with Gasteiger partial charge in [-0.2, -0.15) is 0 Å². The number of rotatable bonds is 2. The van der Waals surface area contributed by atoms with Crippen molar-refractivity contribution in [1.82, 2.24) is 0 Å². The number of hydrogen-bond donors (Lipinski definition) is 0. The first-order valence-electron chi connectivity index (χ1n) is 5.76. The summed E-state index contributed by atoms with van der Waals surface area (Å²) >= 11 is 9.57. The highest BCUT2D eigenvalue weighted by molar-refractivity contribution is 9.09. The molecule has 0 heterocycles. The lowest BCUT2D eigenvalue weighted by Crippen LogP contribution is -1.98. The van der Waals surface area contributed by atoms with Gasteiger partial charge in [0.2, 0.25) is 0 Å². The van der Waals surface area contributed by atoms with Crippen molar-refractivity contribution in [3.8, 4) is 0 Å². The molecule has 2 rings (SSSR count). The van der Waals surface area contributed by atoms with Crippen LogP contribution in [-0.2, 0) is 0 Å². The third-order valence-corrected chi connectivity index (χ3v) is 4.34. The molecule has 2 aromatic rings. The van der Waals surface area contributed by atoms with Crippen LogP contribution in [0.4, 0.5) is 8.78 Å². The normalized spacial score (nSPS) is 12.5. The lowest BCUT2D eigenvalue weighted by molar-refractivity contribution is 0.608. The predicted molar refractivity (Wildman–Crippen MR) is 78.1 cm³/mol. The molecule has 1 unspecified atom stereocenters. The number of aryl methyl sites for hydroxylation is 2. The average molecular weight is 346 g/mol. The largest absolute Gasteiger partial charge is 0.207 e. The highest BCUT2D eigenvalue weighted by Crippen LogP contribution is 2.36. The number of hydrogen-bond acceptors (Lipinski definition) is 0. The molecule has 0 nitrogen and oxygen atoms in total. The van der Waals surface area contributed by atoms with Gasteiger partial charge in [-0.25, -0.2) is 8.78 Å². The van der Waals surface area contributed by atoms with Crippen molar-refractivity contribution in [2.75, 3.05) is 0 Å². The number of alkyl halides is 1. The van der Waals surface area contributed by atoms with E-state index < -0.39 is 0 Å². The summed E-state index contributed by atoms with van der Waals surface area (Å²) in [5, 5.41) is 0.349. The fraction of sp³-hybridized carbons (Fsp3) is 0.200. The zero-order valence-corrected chi connectivity index (χ0v) is 12.8. The molecule has 0 bridgehead atoms. The summed E-state index contributed by atoms with van der Waals surface area (Å²) in [6.45, 7) is 3.44. The molecule has 4 heteroatoms. The predicted octanol–water partition coefficient (Wildman–Crippen LogP) is 5.72. The van der Waals surface area contributed by atoms with Crippen LogP contribution in [0.3, 0.4) is 0 Å². The number of benzene rings is 2. The molecule has 0 N–H and O–H groups in total. The molecule has 0 aliphatic heterocycles. The fourth-order valence-electron chi connectivity index (χ4n) is 2.01. The zero-order chi connectivity index (χ0) is 14.2. The molecule has 0 spiro atoms. The Kier molecular flexibility index (Phi) is 4.26. The van der Waals surface area contributed by atoms with Gasteiger partial charge in [-0.15, -0.1) is 0 Å². The van der Waals surface area contributed by atoms with Crippen molar-refractivity contribution < 1.29 is 8.78 Å². The van der Waals surface area contributed by atoms with E-state index >= 15 is 0 Å². The van der Waals surface area contributed by atoms with Gasteiger partial charge in [-0.1, -0.05) is 45.7 Å². The second kappa shape index (κ2) is 5.59. The van der Waals surface area contributed by atoms with Crippen molar-refractivity contribution in [1.29, 1.82) is 0 Å². The molecule has 100 valence electrons. The van der Waals surface area contributed by atoms with E-state index in [9.17, 15) is 8.78 Å². The molecule has 0 saturated carbocycles. The second-order valence-electron chi connectivity index (χ2n) is 4.50. The molecular formula is C15H12BrClF2. The van der Waals surface area contributed by atoms with Crippen LogP contribution < -0.4 is 0 Å². The first kappa shape index (κ1) is 14.5. The van der Waals surface area contributed by atoms with Gasteiger partial charge >= 0.3 is 0 Å². The Labute approximate surface area is 124 Å². The lowest BCUT2D eigenvalue weighted by atomic mass is 10.00. The molecule has 2 aromatic carbocycles. The van der Waals surface area contributed by atoms with Crippen molar-refractivity contribution in [2.24, 2.45) is 0 Å². The SMILES string of the molecule is Cc1cc(C(Br)c2ccc(F)cc2Cl)cc(C)c1F. The van der Waals surface area contributed by atoms with Crippen LogP contribution in [0.15, 0.2) is 30.3 Å². The average Bonchev–Trinajstić information content (AvgIpc) is 2.34. The molecular weight excluding hydrogens is 334 g/mol. The van der Waals surface area contributed by atoms with Crippen LogP contribution in [0.25, 0.3) is 0 Å². The quantitative estimate of drug-likeness (QED) is 0.611. The molecule has 0 radical (unpaired) electrons. The molecule has 0 fully saturated rings. The Morgan fingerprint density at radius 3 is 2.16 bits per heavy atom. The van der Waals surface area contributed by atoms with Gasteiger partial charge in [0.15, 0.2) is 0 Å². The Morgan fingerprint density at radius 2 is 1.63 bits per heavy atom. The minimum Gasteiger partial charge on any atom is -0.207 e. The number of halogens is 4. The Hall–Kier alpha value is -0.930. The lowest BCUT2D eigenvalue weighted by Gasteiger charge is -2.15. The summed E-state index contributed by atoms with van der Waals surface area (Å²) in [6, 6.07) is 7.79. The van der Waals surface area contributed by atoms with Crippen molar-refractivity contribution >= 4 is 27.5 Å². The summed E-state index contributed by atoms with van der Waals surface area (Å²) in [5.74, 6) is -0.575. The van der Waals surface area contributed by atoms with E-state index in [2.05, 4.69) is 15.9 Å². The smallest absolute Gasteiger partial charge is 0.129 e. The first-order valence-corrected chi connectivity index (χ1v) is 7.05. The van der Waals surface area contributed by atoms with Gasteiger partial charge in [0.1, 0.15) is 11.6 Å². The van der Waals surface area contributed by atoms with E-state index in [4.69, 9.17) is 11.6 Å². The van der Waals surface area contributed by atoms with E-state index in [0.29, 0.717) is 16.1 Å². The van der Waals surface area contributed by atoms with E-state index in [1.165, 1.54) is 12.1 Å². The molecule has 0 amide bonds. The van der Waals surface area contributed by atoms with Gasteiger partial charge in [0, 0.05) is 5.02 Å². The van der Waals surface area contributed by atoms with Crippen LogP contribution >= 0.6 is 27.5 Å².